The molecule has 0 aliphatic carbocycles. The molecule has 31 heavy (non-hydrogen) atoms. The SMILES string of the molecule is Cc1ccc(C2=C[C@@H](c3ccccc3)n3nc(NC(=O)c4cccnc4)nc3N2)cc1. The van der Waals surface area contributed by atoms with Crippen molar-refractivity contribution >= 4 is 23.5 Å². The van der Waals surface area contributed by atoms with E-state index in [1.165, 1.54) is 11.8 Å². The molecule has 0 unspecified atom stereocenters. The van der Waals surface area contributed by atoms with Crippen LogP contribution in [-0.2, 0) is 0 Å². The minimum Gasteiger partial charge on any atom is -0.324 e. The van der Waals surface area contributed by atoms with Gasteiger partial charge in [0.15, 0.2) is 0 Å². The van der Waals surface area contributed by atoms with Crippen LogP contribution in [0.3, 0.4) is 0 Å². The fraction of sp³-hybridized carbons (Fsp3) is 0.0833. The molecular formula is C24H20N6O. The average Bonchev–Trinajstić information content (AvgIpc) is 3.22. The highest BCUT2D eigenvalue weighted by Gasteiger charge is 2.25. The summed E-state index contributed by atoms with van der Waals surface area (Å²) in [5.41, 5.74) is 4.72. The molecule has 1 amide bonds. The first-order valence-electron chi connectivity index (χ1n) is 9.96. The molecule has 0 spiro atoms. The van der Waals surface area contributed by atoms with E-state index in [1.54, 1.807) is 23.0 Å². The Morgan fingerprint density at radius 1 is 1.03 bits per heavy atom. The van der Waals surface area contributed by atoms with Crippen molar-refractivity contribution in [3.8, 4) is 0 Å². The minimum absolute atomic E-state index is 0.162. The first kappa shape index (κ1) is 18.7. The Morgan fingerprint density at radius 2 is 1.84 bits per heavy atom. The molecule has 5 rings (SSSR count). The fourth-order valence-electron chi connectivity index (χ4n) is 3.51. The van der Waals surface area contributed by atoms with Gasteiger partial charge in [-0.25, -0.2) is 4.68 Å². The van der Waals surface area contributed by atoms with Crippen LogP contribution in [0.4, 0.5) is 11.9 Å². The van der Waals surface area contributed by atoms with Gasteiger partial charge in [-0.15, -0.1) is 5.10 Å². The van der Waals surface area contributed by atoms with Gasteiger partial charge in [0.05, 0.1) is 5.56 Å². The van der Waals surface area contributed by atoms with Crippen LogP contribution in [0, 0.1) is 6.92 Å². The van der Waals surface area contributed by atoms with E-state index < -0.39 is 0 Å². The van der Waals surface area contributed by atoms with Gasteiger partial charge in [0.1, 0.15) is 6.04 Å². The first-order chi connectivity index (χ1) is 15.2. The lowest BCUT2D eigenvalue weighted by Crippen LogP contribution is -2.20. The number of carbonyl (C=O) groups is 1. The highest BCUT2D eigenvalue weighted by molar-refractivity contribution is 6.03. The minimum atomic E-state index is -0.306. The molecule has 7 heteroatoms. The van der Waals surface area contributed by atoms with E-state index in [1.807, 2.05) is 18.2 Å². The number of hydrogen-bond acceptors (Lipinski definition) is 5. The molecule has 0 saturated carbocycles. The summed E-state index contributed by atoms with van der Waals surface area (Å²) in [7, 11) is 0. The van der Waals surface area contributed by atoms with Crippen LogP contribution >= 0.6 is 0 Å². The molecule has 1 aliphatic heterocycles. The van der Waals surface area contributed by atoms with Crippen molar-refractivity contribution in [3.05, 3.63) is 107 Å². The van der Waals surface area contributed by atoms with Crippen molar-refractivity contribution in [1.29, 1.82) is 0 Å². The Morgan fingerprint density at radius 3 is 2.58 bits per heavy atom. The second-order valence-electron chi connectivity index (χ2n) is 7.33. The summed E-state index contributed by atoms with van der Waals surface area (Å²) in [4.78, 5) is 21.0. The molecule has 3 heterocycles. The third kappa shape index (κ3) is 3.81. The summed E-state index contributed by atoms with van der Waals surface area (Å²) in [5, 5.41) is 10.7. The maximum Gasteiger partial charge on any atom is 0.259 e. The monoisotopic (exact) mass is 408 g/mol. The van der Waals surface area contributed by atoms with E-state index in [0.29, 0.717) is 11.5 Å². The van der Waals surface area contributed by atoms with E-state index in [9.17, 15) is 4.79 Å². The predicted octanol–water partition coefficient (Wildman–Crippen LogP) is 4.29. The van der Waals surface area contributed by atoms with Crippen LogP contribution < -0.4 is 10.6 Å². The third-order valence-corrected chi connectivity index (χ3v) is 5.12. The zero-order valence-corrected chi connectivity index (χ0v) is 16.9. The lowest BCUT2D eigenvalue weighted by Gasteiger charge is -2.24. The second kappa shape index (κ2) is 7.87. The summed E-state index contributed by atoms with van der Waals surface area (Å²) in [6, 6.07) is 21.6. The van der Waals surface area contributed by atoms with Gasteiger partial charge in [0.25, 0.3) is 11.9 Å². The number of allylic oxidation sites excluding steroid dienone is 1. The number of aromatic nitrogens is 4. The number of anilines is 2. The van der Waals surface area contributed by atoms with E-state index in [0.717, 1.165) is 16.8 Å². The molecule has 7 nitrogen and oxygen atoms in total. The fourth-order valence-corrected chi connectivity index (χ4v) is 3.51. The van der Waals surface area contributed by atoms with Crippen LogP contribution in [-0.4, -0.2) is 25.7 Å². The molecule has 0 radical (unpaired) electrons. The van der Waals surface area contributed by atoms with Crippen LogP contribution in [0.2, 0.25) is 0 Å². The number of amides is 1. The summed E-state index contributed by atoms with van der Waals surface area (Å²) in [6.45, 7) is 2.06. The maximum absolute atomic E-state index is 12.5. The molecule has 152 valence electrons. The molecule has 2 aromatic heterocycles. The van der Waals surface area contributed by atoms with E-state index in [2.05, 4.69) is 75.1 Å². The number of fused-ring (bicyclic) bond motifs is 1. The molecule has 1 atom stereocenters. The van der Waals surface area contributed by atoms with Crippen LogP contribution in [0.5, 0.6) is 0 Å². The number of pyridine rings is 1. The van der Waals surface area contributed by atoms with Gasteiger partial charge >= 0.3 is 0 Å². The summed E-state index contributed by atoms with van der Waals surface area (Å²) in [5.74, 6) is 0.489. The van der Waals surface area contributed by atoms with Gasteiger partial charge in [0, 0.05) is 18.1 Å². The number of aryl methyl sites for hydroxylation is 1. The quantitative estimate of drug-likeness (QED) is 0.526. The van der Waals surface area contributed by atoms with Crippen LogP contribution in [0.15, 0.2) is 85.2 Å². The highest BCUT2D eigenvalue weighted by Crippen LogP contribution is 2.33. The van der Waals surface area contributed by atoms with E-state index in [-0.39, 0.29) is 17.9 Å². The normalized spacial score (nSPS) is 14.9. The Labute approximate surface area is 179 Å². The first-order valence-corrected chi connectivity index (χ1v) is 9.96. The smallest absolute Gasteiger partial charge is 0.259 e. The standard InChI is InChI=1S/C24H20N6O/c1-16-9-11-17(12-10-16)20-14-21(18-6-3-2-4-7-18)30-24(26-20)28-23(29-30)27-22(31)19-8-5-13-25-15-19/h2-15,21H,1H3,(H2,26,27,28,29,31)/t21-/m0/s1. The van der Waals surface area contributed by atoms with E-state index >= 15 is 0 Å². The number of nitrogens with zero attached hydrogens (tertiary/aromatic N) is 4. The topological polar surface area (TPSA) is 84.7 Å². The summed E-state index contributed by atoms with van der Waals surface area (Å²) >= 11 is 0. The number of hydrogen-bond donors (Lipinski definition) is 2. The van der Waals surface area contributed by atoms with E-state index in [4.69, 9.17) is 0 Å². The van der Waals surface area contributed by atoms with Crippen molar-refractivity contribution in [1.82, 2.24) is 19.7 Å². The van der Waals surface area contributed by atoms with Crippen molar-refractivity contribution in [2.45, 2.75) is 13.0 Å². The van der Waals surface area contributed by atoms with Gasteiger partial charge in [-0.2, -0.15) is 4.98 Å². The number of benzene rings is 2. The largest absolute Gasteiger partial charge is 0.324 e. The average molecular weight is 408 g/mol. The number of rotatable bonds is 4. The van der Waals surface area contributed by atoms with Crippen molar-refractivity contribution in [2.75, 3.05) is 10.6 Å². The van der Waals surface area contributed by atoms with Gasteiger partial charge in [0.2, 0.25) is 5.95 Å². The Kier molecular flexibility index (Phi) is 4.76. The van der Waals surface area contributed by atoms with Gasteiger partial charge < -0.3 is 5.32 Å². The third-order valence-electron chi connectivity index (χ3n) is 5.12. The molecule has 2 N–H and O–H groups in total. The second-order valence-corrected chi connectivity index (χ2v) is 7.33. The zero-order valence-electron chi connectivity index (χ0n) is 16.9. The molecule has 0 fully saturated rings. The lowest BCUT2D eigenvalue weighted by atomic mass is 10.0. The van der Waals surface area contributed by atoms with Crippen LogP contribution in [0.25, 0.3) is 5.70 Å². The molecule has 0 saturated heterocycles. The highest BCUT2D eigenvalue weighted by atomic mass is 16.1. The molecule has 4 aromatic rings. The van der Waals surface area contributed by atoms with Crippen molar-refractivity contribution in [3.63, 3.8) is 0 Å². The van der Waals surface area contributed by atoms with Gasteiger partial charge in [-0.1, -0.05) is 60.2 Å². The number of nitrogens with one attached hydrogen (secondary N) is 2. The Bertz CT molecular complexity index is 1250. The summed E-state index contributed by atoms with van der Waals surface area (Å²) < 4.78 is 1.78. The lowest BCUT2D eigenvalue weighted by molar-refractivity contribution is 0.102. The Hall–Kier alpha value is -4.26. The molecule has 2 aromatic carbocycles. The summed E-state index contributed by atoms with van der Waals surface area (Å²) in [6.07, 6.45) is 5.25. The molecular weight excluding hydrogens is 388 g/mol. The zero-order chi connectivity index (χ0) is 21.2. The molecule has 0 bridgehead atoms. The Balaban J connectivity index is 1.51. The van der Waals surface area contributed by atoms with Gasteiger partial charge in [-0.05, 0) is 36.3 Å². The number of carbonyl (C=O) groups excluding carboxylic acids is 1. The molecule has 1 aliphatic rings. The van der Waals surface area contributed by atoms with Crippen LogP contribution in [0.1, 0.15) is 33.1 Å². The maximum atomic E-state index is 12.5. The predicted molar refractivity (Wildman–Crippen MR) is 120 cm³/mol. The van der Waals surface area contributed by atoms with Gasteiger partial charge in [-0.3, -0.25) is 15.1 Å². The van der Waals surface area contributed by atoms with Crippen molar-refractivity contribution in [2.24, 2.45) is 0 Å². The van der Waals surface area contributed by atoms with Crippen molar-refractivity contribution < 1.29 is 4.79 Å².